The van der Waals surface area contributed by atoms with Crippen LogP contribution in [0.3, 0.4) is 0 Å². The predicted molar refractivity (Wildman–Crippen MR) is 145 cm³/mol. The van der Waals surface area contributed by atoms with Gasteiger partial charge in [-0.15, -0.1) is 0 Å². The molecule has 0 unspecified atom stereocenters. The van der Waals surface area contributed by atoms with E-state index in [4.69, 9.17) is 4.98 Å². The molecule has 38 heavy (non-hydrogen) atoms. The van der Waals surface area contributed by atoms with E-state index >= 15 is 0 Å². The van der Waals surface area contributed by atoms with Crippen LogP contribution in [0.15, 0.2) is 61.4 Å². The van der Waals surface area contributed by atoms with Crippen molar-refractivity contribution in [3.63, 3.8) is 0 Å². The molecule has 0 radical (unpaired) electrons. The van der Waals surface area contributed by atoms with Crippen LogP contribution in [0.5, 0.6) is 0 Å². The van der Waals surface area contributed by atoms with Crippen molar-refractivity contribution in [2.24, 2.45) is 5.92 Å². The van der Waals surface area contributed by atoms with E-state index in [2.05, 4.69) is 41.5 Å². The highest BCUT2D eigenvalue weighted by Gasteiger charge is 2.23. The second-order valence-electron chi connectivity index (χ2n) is 9.80. The van der Waals surface area contributed by atoms with E-state index in [0.29, 0.717) is 22.9 Å². The van der Waals surface area contributed by atoms with Gasteiger partial charge in [0.2, 0.25) is 5.91 Å². The molecule has 1 aliphatic rings. The van der Waals surface area contributed by atoms with E-state index in [1.807, 2.05) is 42.0 Å². The fourth-order valence-electron chi connectivity index (χ4n) is 5.25. The van der Waals surface area contributed by atoms with Crippen molar-refractivity contribution in [3.05, 3.63) is 67.1 Å². The molecule has 0 atom stereocenters. The maximum absolute atomic E-state index is 12.6. The topological polar surface area (TPSA) is 130 Å². The van der Waals surface area contributed by atoms with Gasteiger partial charge in [-0.05, 0) is 49.6 Å². The van der Waals surface area contributed by atoms with Gasteiger partial charge in [0, 0.05) is 35.5 Å². The van der Waals surface area contributed by atoms with Crippen molar-refractivity contribution >= 4 is 33.7 Å². The average Bonchev–Trinajstić information content (AvgIpc) is 3.74. The van der Waals surface area contributed by atoms with Crippen LogP contribution >= 0.6 is 0 Å². The minimum atomic E-state index is 0.0812. The number of nitrogens with one attached hydrogen (secondary N) is 3. The first-order valence-corrected chi connectivity index (χ1v) is 12.7. The SMILES string of the molecule is Cc1cn(-c2ccnc3nc(-c4n[nH]c5ccc(-c6cncc(NC(=O)C7CCCC7)c6)cc45)[nH]c23)cn1. The monoisotopic (exact) mass is 503 g/mol. The molecule has 0 aliphatic heterocycles. The van der Waals surface area contributed by atoms with E-state index in [9.17, 15) is 4.79 Å². The molecule has 0 spiro atoms. The number of aryl methyl sites for hydroxylation is 1. The molecule has 1 saturated carbocycles. The number of hydrogen-bond acceptors (Lipinski definition) is 6. The third-order valence-electron chi connectivity index (χ3n) is 7.21. The molecule has 0 bridgehead atoms. The molecule has 10 nitrogen and oxygen atoms in total. The highest BCUT2D eigenvalue weighted by atomic mass is 16.1. The van der Waals surface area contributed by atoms with E-state index in [-0.39, 0.29) is 11.8 Å². The quantitative estimate of drug-likeness (QED) is 0.297. The van der Waals surface area contributed by atoms with Gasteiger partial charge in [0.1, 0.15) is 11.2 Å². The highest BCUT2D eigenvalue weighted by Crippen LogP contribution is 2.32. The van der Waals surface area contributed by atoms with Gasteiger partial charge in [-0.3, -0.25) is 14.9 Å². The van der Waals surface area contributed by atoms with Crippen molar-refractivity contribution in [1.29, 1.82) is 0 Å². The van der Waals surface area contributed by atoms with Crippen LogP contribution in [-0.2, 0) is 4.79 Å². The van der Waals surface area contributed by atoms with Gasteiger partial charge in [0.15, 0.2) is 11.5 Å². The van der Waals surface area contributed by atoms with Crippen LogP contribution in [-0.4, -0.2) is 45.6 Å². The number of carbonyl (C=O) groups excluding carboxylic acids is 1. The maximum Gasteiger partial charge on any atom is 0.227 e. The molecule has 1 amide bonds. The smallest absolute Gasteiger partial charge is 0.227 e. The number of anilines is 1. The normalized spacial score (nSPS) is 14.0. The Hall–Kier alpha value is -4.86. The number of carbonyl (C=O) groups is 1. The summed E-state index contributed by atoms with van der Waals surface area (Å²) in [5.41, 5.74) is 7.42. The van der Waals surface area contributed by atoms with Crippen LogP contribution < -0.4 is 5.32 Å². The zero-order valence-corrected chi connectivity index (χ0v) is 20.8. The fraction of sp³-hybridized carbons (Fsp3) is 0.214. The second kappa shape index (κ2) is 8.91. The van der Waals surface area contributed by atoms with Gasteiger partial charge in [-0.25, -0.2) is 15.0 Å². The predicted octanol–water partition coefficient (Wildman–Crippen LogP) is 5.19. The van der Waals surface area contributed by atoms with E-state index in [0.717, 1.165) is 64.6 Å². The summed E-state index contributed by atoms with van der Waals surface area (Å²) in [6, 6.07) is 9.96. The summed E-state index contributed by atoms with van der Waals surface area (Å²) >= 11 is 0. The number of aromatic amines is 2. The van der Waals surface area contributed by atoms with Crippen molar-refractivity contribution in [3.8, 4) is 28.3 Å². The lowest BCUT2D eigenvalue weighted by Gasteiger charge is -2.11. The maximum atomic E-state index is 12.6. The number of H-pyrrole nitrogens is 2. The third-order valence-corrected chi connectivity index (χ3v) is 7.21. The highest BCUT2D eigenvalue weighted by molar-refractivity contribution is 5.97. The molecule has 5 aromatic heterocycles. The Morgan fingerprint density at radius 1 is 1.08 bits per heavy atom. The Bertz CT molecular complexity index is 1810. The van der Waals surface area contributed by atoms with Gasteiger partial charge >= 0.3 is 0 Å². The van der Waals surface area contributed by atoms with Crippen molar-refractivity contribution in [2.45, 2.75) is 32.6 Å². The molecule has 1 aliphatic carbocycles. The lowest BCUT2D eigenvalue weighted by molar-refractivity contribution is -0.119. The van der Waals surface area contributed by atoms with Crippen LogP contribution in [0, 0.1) is 12.8 Å². The molecular weight excluding hydrogens is 478 g/mol. The first-order chi connectivity index (χ1) is 18.6. The summed E-state index contributed by atoms with van der Waals surface area (Å²) in [4.78, 5) is 34.0. The third kappa shape index (κ3) is 3.90. The van der Waals surface area contributed by atoms with Crippen LogP contribution in [0.1, 0.15) is 31.4 Å². The average molecular weight is 504 g/mol. The fourth-order valence-corrected chi connectivity index (χ4v) is 5.25. The Balaban J connectivity index is 1.24. The number of imidazole rings is 2. The molecule has 10 heteroatoms. The molecule has 7 rings (SSSR count). The van der Waals surface area contributed by atoms with Crippen molar-refractivity contribution in [1.82, 2.24) is 39.7 Å². The number of nitrogens with zero attached hydrogens (tertiary/aromatic N) is 6. The van der Waals surface area contributed by atoms with Crippen LogP contribution in [0.4, 0.5) is 5.69 Å². The summed E-state index contributed by atoms with van der Waals surface area (Å²) in [5.74, 6) is 0.800. The summed E-state index contributed by atoms with van der Waals surface area (Å²) < 4.78 is 1.95. The number of pyridine rings is 2. The second-order valence-corrected chi connectivity index (χ2v) is 9.80. The summed E-state index contributed by atoms with van der Waals surface area (Å²) in [5, 5.41) is 11.6. The molecular formula is C28H25N9O. The summed E-state index contributed by atoms with van der Waals surface area (Å²) in [7, 11) is 0. The molecule has 6 aromatic rings. The Morgan fingerprint density at radius 3 is 2.82 bits per heavy atom. The van der Waals surface area contributed by atoms with Gasteiger partial charge in [0.05, 0.1) is 35.1 Å². The summed E-state index contributed by atoms with van der Waals surface area (Å²) in [6.45, 7) is 1.95. The van der Waals surface area contributed by atoms with Crippen LogP contribution in [0.25, 0.3) is 50.4 Å². The number of fused-ring (bicyclic) bond motifs is 2. The standard InChI is InChI=1S/C28H25N9O/c1-16-14-37(15-31-16)23-8-9-30-26-25(23)33-27(34-26)24-21-11-18(6-7-22(21)35-36-24)19-10-20(13-29-12-19)32-28(38)17-4-2-3-5-17/h6-15,17H,2-5H2,1H3,(H,32,38)(H,35,36)(H,30,33,34). The zero-order chi connectivity index (χ0) is 25.6. The zero-order valence-electron chi connectivity index (χ0n) is 20.8. The molecule has 3 N–H and O–H groups in total. The number of hydrogen-bond donors (Lipinski definition) is 3. The Kier molecular flexibility index (Phi) is 5.24. The summed E-state index contributed by atoms with van der Waals surface area (Å²) in [6.07, 6.45) is 13.1. The van der Waals surface area contributed by atoms with Crippen molar-refractivity contribution in [2.75, 3.05) is 5.32 Å². The number of rotatable bonds is 5. The molecule has 5 heterocycles. The van der Waals surface area contributed by atoms with Gasteiger partial charge < -0.3 is 14.9 Å². The Labute approximate surface area is 217 Å². The van der Waals surface area contributed by atoms with Crippen molar-refractivity contribution < 1.29 is 4.79 Å². The number of amides is 1. The van der Waals surface area contributed by atoms with E-state index in [1.54, 1.807) is 24.9 Å². The lowest BCUT2D eigenvalue weighted by atomic mass is 10.0. The largest absolute Gasteiger partial charge is 0.333 e. The van der Waals surface area contributed by atoms with Gasteiger partial charge in [0.25, 0.3) is 0 Å². The lowest BCUT2D eigenvalue weighted by Crippen LogP contribution is -2.20. The minimum Gasteiger partial charge on any atom is -0.333 e. The van der Waals surface area contributed by atoms with Crippen LogP contribution in [0.2, 0.25) is 0 Å². The minimum absolute atomic E-state index is 0.0812. The first-order valence-electron chi connectivity index (χ1n) is 12.7. The van der Waals surface area contributed by atoms with E-state index in [1.165, 1.54) is 0 Å². The number of aromatic nitrogens is 8. The van der Waals surface area contributed by atoms with Gasteiger partial charge in [-0.1, -0.05) is 18.9 Å². The first kappa shape index (κ1) is 22.3. The van der Waals surface area contributed by atoms with E-state index < -0.39 is 0 Å². The molecule has 1 fully saturated rings. The molecule has 188 valence electrons. The number of benzene rings is 1. The molecule has 0 saturated heterocycles. The molecule has 1 aromatic carbocycles. The Morgan fingerprint density at radius 2 is 1.97 bits per heavy atom. The van der Waals surface area contributed by atoms with Gasteiger partial charge in [-0.2, -0.15) is 5.10 Å².